The summed E-state index contributed by atoms with van der Waals surface area (Å²) in [4.78, 5) is 38.9. The van der Waals surface area contributed by atoms with Crippen LogP contribution in [0.4, 0.5) is 13.2 Å². The van der Waals surface area contributed by atoms with E-state index in [1.165, 1.54) is 24.3 Å². The first-order valence-corrected chi connectivity index (χ1v) is 11.9. The summed E-state index contributed by atoms with van der Waals surface area (Å²) < 4.78 is 64.9. The maximum atomic E-state index is 13.8. The number of hydrogen-bond acceptors (Lipinski definition) is 7. The topological polar surface area (TPSA) is 98.0 Å². The predicted molar refractivity (Wildman–Crippen MR) is 130 cm³/mol. The second-order valence-electron chi connectivity index (χ2n) is 9.02. The predicted octanol–water partition coefficient (Wildman–Crippen LogP) is 3.20. The van der Waals surface area contributed by atoms with Crippen LogP contribution in [0.25, 0.3) is 0 Å². The quantitative estimate of drug-likeness (QED) is 0.339. The zero-order valence-corrected chi connectivity index (χ0v) is 21.2. The number of benzene rings is 1. The molecule has 0 N–H and O–H groups in total. The van der Waals surface area contributed by atoms with Gasteiger partial charge >= 0.3 is 11.9 Å². The Balaban J connectivity index is 2.01. The van der Waals surface area contributed by atoms with Crippen LogP contribution in [0.3, 0.4) is 0 Å². The van der Waals surface area contributed by atoms with Gasteiger partial charge in [-0.2, -0.15) is 17.7 Å². The molecule has 3 rings (SSSR count). The van der Waals surface area contributed by atoms with E-state index in [9.17, 15) is 27.6 Å². The summed E-state index contributed by atoms with van der Waals surface area (Å²) in [6, 6.07) is 7.04. The number of nitrogens with zero attached hydrogens (tertiary/aromatic N) is 2. The summed E-state index contributed by atoms with van der Waals surface area (Å²) in [7, 11) is 0. The number of halogens is 3. The Hall–Kier alpha value is -3.24. The van der Waals surface area contributed by atoms with Gasteiger partial charge in [0.1, 0.15) is 24.5 Å². The summed E-state index contributed by atoms with van der Waals surface area (Å²) in [5.74, 6) is 0.112. The number of alkyl halides is 3. The van der Waals surface area contributed by atoms with E-state index in [-0.39, 0.29) is 29.8 Å². The number of rotatable bonds is 10. The standard InChI is InChI=1S/C26H29F3N2O7/c1-5-12-35-19-14-21(38-20(19)16-37-25(3,4)36-13-6-2)30-15-18(26(27,28)29)23(33)31(24(30)34)22(32)17-10-8-7-9-11-17/h1,7-11,15,19-21H,6,12-14,16H2,2-4H3/t19-,20+,21+/m0/s1. The molecular weight excluding hydrogens is 509 g/mol. The van der Waals surface area contributed by atoms with Crippen molar-refractivity contribution in [3.05, 3.63) is 68.5 Å². The Kier molecular flexibility index (Phi) is 9.32. The molecule has 206 valence electrons. The molecule has 1 aromatic heterocycles. The first-order chi connectivity index (χ1) is 17.9. The zero-order valence-electron chi connectivity index (χ0n) is 21.2. The maximum Gasteiger partial charge on any atom is 0.423 e. The van der Waals surface area contributed by atoms with Crippen LogP contribution >= 0.6 is 0 Å². The lowest BCUT2D eigenvalue weighted by Crippen LogP contribution is -2.47. The number of hydrogen-bond donors (Lipinski definition) is 0. The molecule has 1 saturated heterocycles. The molecule has 0 radical (unpaired) electrons. The van der Waals surface area contributed by atoms with Crippen molar-refractivity contribution < 1.29 is 36.9 Å². The Morgan fingerprint density at radius 2 is 1.87 bits per heavy atom. The summed E-state index contributed by atoms with van der Waals surface area (Å²) in [6.07, 6.45) is -1.75. The average Bonchev–Trinajstić information content (AvgIpc) is 3.27. The Bertz CT molecular complexity index is 1280. The molecule has 9 nitrogen and oxygen atoms in total. The zero-order chi connectivity index (χ0) is 28.1. The molecule has 0 unspecified atom stereocenters. The lowest BCUT2D eigenvalue weighted by molar-refractivity contribution is -0.231. The summed E-state index contributed by atoms with van der Waals surface area (Å²) in [5.41, 5.74) is -4.90. The van der Waals surface area contributed by atoms with Gasteiger partial charge in [0.15, 0.2) is 5.79 Å². The molecular formula is C26H29F3N2O7. The van der Waals surface area contributed by atoms with Crippen molar-refractivity contribution in [2.45, 2.75) is 64.0 Å². The highest BCUT2D eigenvalue weighted by atomic mass is 19.4. The molecule has 0 saturated carbocycles. The minimum Gasteiger partial charge on any atom is -0.363 e. The molecule has 2 heterocycles. The lowest BCUT2D eigenvalue weighted by Gasteiger charge is -2.28. The highest BCUT2D eigenvalue weighted by Crippen LogP contribution is 2.33. The molecule has 0 aliphatic carbocycles. The first-order valence-electron chi connectivity index (χ1n) is 11.9. The van der Waals surface area contributed by atoms with Gasteiger partial charge in [0.2, 0.25) is 0 Å². The minimum atomic E-state index is -5.15. The second-order valence-corrected chi connectivity index (χ2v) is 9.02. The Labute approximate surface area is 217 Å². The van der Waals surface area contributed by atoms with Gasteiger partial charge in [-0.25, -0.2) is 4.79 Å². The number of ether oxygens (including phenoxy) is 4. The van der Waals surface area contributed by atoms with Gasteiger partial charge in [-0.1, -0.05) is 31.0 Å². The third-order valence-electron chi connectivity index (χ3n) is 5.76. The van der Waals surface area contributed by atoms with Crippen molar-refractivity contribution in [1.82, 2.24) is 9.13 Å². The minimum absolute atomic E-state index is 0.0374. The summed E-state index contributed by atoms with van der Waals surface area (Å²) in [5, 5.41) is 0. The van der Waals surface area contributed by atoms with E-state index in [0.29, 0.717) is 17.4 Å². The van der Waals surface area contributed by atoms with Crippen molar-refractivity contribution >= 4 is 5.91 Å². The number of carbonyl (C=O) groups is 1. The van der Waals surface area contributed by atoms with Gasteiger partial charge in [-0.3, -0.25) is 14.2 Å². The van der Waals surface area contributed by atoms with Gasteiger partial charge in [0.05, 0.1) is 12.7 Å². The van der Waals surface area contributed by atoms with Gasteiger partial charge in [-0.05, 0) is 32.4 Å². The van der Waals surface area contributed by atoms with Gasteiger partial charge in [0, 0.05) is 24.8 Å². The van der Waals surface area contributed by atoms with Crippen LogP contribution in [0.5, 0.6) is 0 Å². The van der Waals surface area contributed by atoms with E-state index >= 15 is 0 Å². The molecule has 1 aliphatic heterocycles. The molecule has 1 aromatic carbocycles. The monoisotopic (exact) mass is 538 g/mol. The van der Waals surface area contributed by atoms with E-state index < -0.39 is 53.1 Å². The van der Waals surface area contributed by atoms with Crippen LogP contribution in [0, 0.1) is 12.3 Å². The molecule has 0 amide bonds. The largest absolute Gasteiger partial charge is 0.423 e. The molecule has 0 bridgehead atoms. The average molecular weight is 539 g/mol. The number of carbonyl (C=O) groups excluding carboxylic acids is 1. The van der Waals surface area contributed by atoms with E-state index in [4.69, 9.17) is 25.4 Å². The third-order valence-corrected chi connectivity index (χ3v) is 5.76. The van der Waals surface area contributed by atoms with E-state index in [1.807, 2.05) is 6.92 Å². The SMILES string of the molecule is C#CCO[C@H]1C[C@H](n2cc(C(F)(F)F)c(=O)n(C(=O)c3ccccc3)c2=O)O[C@@H]1COC(C)(C)OCCC. The molecule has 1 aliphatic rings. The fourth-order valence-electron chi connectivity index (χ4n) is 3.89. The van der Waals surface area contributed by atoms with Gasteiger partial charge in [0.25, 0.3) is 11.5 Å². The van der Waals surface area contributed by atoms with Crippen LogP contribution in [0.2, 0.25) is 0 Å². The van der Waals surface area contributed by atoms with E-state index in [0.717, 1.165) is 6.42 Å². The van der Waals surface area contributed by atoms with E-state index in [1.54, 1.807) is 19.9 Å². The molecule has 3 atom stereocenters. The number of terminal acetylenes is 1. The van der Waals surface area contributed by atoms with Crippen molar-refractivity contribution in [2.24, 2.45) is 0 Å². The number of aromatic nitrogens is 2. The molecule has 1 fully saturated rings. The van der Waals surface area contributed by atoms with E-state index in [2.05, 4.69) is 5.92 Å². The molecule has 0 spiro atoms. The van der Waals surface area contributed by atoms with Gasteiger partial charge in [-0.15, -0.1) is 6.42 Å². The highest BCUT2D eigenvalue weighted by Gasteiger charge is 2.42. The smallest absolute Gasteiger partial charge is 0.363 e. The van der Waals surface area contributed by atoms with Crippen molar-refractivity contribution in [3.8, 4) is 12.3 Å². The van der Waals surface area contributed by atoms with Crippen LogP contribution in [-0.4, -0.2) is 52.9 Å². The maximum absolute atomic E-state index is 13.8. The summed E-state index contributed by atoms with van der Waals surface area (Å²) in [6.45, 7) is 5.53. The Morgan fingerprint density at radius 1 is 1.18 bits per heavy atom. The first kappa shape index (κ1) is 29.3. The fourth-order valence-corrected chi connectivity index (χ4v) is 3.89. The lowest BCUT2D eigenvalue weighted by atomic mass is 10.1. The van der Waals surface area contributed by atoms with Crippen LogP contribution < -0.4 is 11.2 Å². The molecule has 2 aromatic rings. The van der Waals surface area contributed by atoms with Crippen molar-refractivity contribution in [3.63, 3.8) is 0 Å². The molecule has 38 heavy (non-hydrogen) atoms. The highest BCUT2D eigenvalue weighted by molar-refractivity contribution is 5.95. The van der Waals surface area contributed by atoms with Crippen molar-refractivity contribution in [2.75, 3.05) is 19.8 Å². The summed E-state index contributed by atoms with van der Waals surface area (Å²) >= 11 is 0. The van der Waals surface area contributed by atoms with Crippen LogP contribution in [0.1, 0.15) is 55.8 Å². The van der Waals surface area contributed by atoms with Gasteiger partial charge < -0.3 is 18.9 Å². The van der Waals surface area contributed by atoms with Crippen LogP contribution in [0.15, 0.2) is 46.1 Å². The fraction of sp³-hybridized carbons (Fsp3) is 0.500. The Morgan fingerprint density at radius 3 is 2.47 bits per heavy atom. The molecule has 12 heteroatoms. The third kappa shape index (κ3) is 6.79. The normalized spacial score (nSPS) is 19.9. The van der Waals surface area contributed by atoms with Crippen molar-refractivity contribution in [1.29, 1.82) is 0 Å². The van der Waals surface area contributed by atoms with Crippen LogP contribution in [-0.2, 0) is 25.1 Å². The second kappa shape index (κ2) is 12.1.